The van der Waals surface area contributed by atoms with Crippen molar-refractivity contribution in [2.45, 2.75) is 17.7 Å². The first-order valence-electron chi connectivity index (χ1n) is 6.05. The molecule has 0 aromatic heterocycles. The lowest BCUT2D eigenvalue weighted by molar-refractivity contribution is -0.139. The number of benzene rings is 1. The van der Waals surface area contributed by atoms with Gasteiger partial charge in [0.15, 0.2) is 0 Å². The molecule has 0 atom stereocenters. The molecule has 1 aromatic carbocycles. The van der Waals surface area contributed by atoms with E-state index in [4.69, 9.17) is 10.5 Å². The number of carbonyl (C=O) groups is 1. The SMILES string of the molecule is COC(=O)CNS(=O)(=O)c1cc(N)cc2c1OCCC2. The van der Waals surface area contributed by atoms with Crippen LogP contribution < -0.4 is 15.2 Å². The number of anilines is 1. The van der Waals surface area contributed by atoms with Crippen molar-refractivity contribution in [2.24, 2.45) is 0 Å². The fourth-order valence-electron chi connectivity index (χ4n) is 1.97. The van der Waals surface area contributed by atoms with E-state index in [2.05, 4.69) is 9.46 Å². The van der Waals surface area contributed by atoms with E-state index < -0.39 is 22.5 Å². The number of nitrogen functional groups attached to an aromatic ring is 1. The van der Waals surface area contributed by atoms with Crippen molar-refractivity contribution in [3.63, 3.8) is 0 Å². The van der Waals surface area contributed by atoms with Crippen LogP contribution in [-0.4, -0.2) is 34.6 Å². The molecule has 20 heavy (non-hydrogen) atoms. The Morgan fingerprint density at radius 1 is 1.50 bits per heavy atom. The first-order valence-corrected chi connectivity index (χ1v) is 7.54. The predicted molar refractivity (Wildman–Crippen MR) is 71.9 cm³/mol. The Kier molecular flexibility index (Phi) is 4.15. The maximum Gasteiger partial charge on any atom is 0.320 e. The van der Waals surface area contributed by atoms with Crippen molar-refractivity contribution in [3.8, 4) is 5.75 Å². The van der Waals surface area contributed by atoms with Gasteiger partial charge in [0.2, 0.25) is 10.0 Å². The van der Waals surface area contributed by atoms with Gasteiger partial charge < -0.3 is 15.2 Å². The summed E-state index contributed by atoms with van der Waals surface area (Å²) < 4.78 is 36.4. The minimum Gasteiger partial charge on any atom is -0.492 e. The van der Waals surface area contributed by atoms with E-state index >= 15 is 0 Å². The Labute approximate surface area is 117 Å². The highest BCUT2D eigenvalue weighted by Gasteiger charge is 2.25. The summed E-state index contributed by atoms with van der Waals surface area (Å²) in [6.45, 7) is 0.0127. The average molecular weight is 300 g/mol. The first kappa shape index (κ1) is 14.6. The zero-order valence-corrected chi connectivity index (χ0v) is 11.8. The normalized spacial score (nSPS) is 14.2. The third kappa shape index (κ3) is 3.02. The lowest BCUT2D eigenvalue weighted by Gasteiger charge is -2.21. The summed E-state index contributed by atoms with van der Waals surface area (Å²) >= 11 is 0. The van der Waals surface area contributed by atoms with Gasteiger partial charge in [-0.25, -0.2) is 8.42 Å². The van der Waals surface area contributed by atoms with Gasteiger partial charge in [0.05, 0.1) is 13.7 Å². The fourth-order valence-corrected chi connectivity index (χ4v) is 3.16. The molecular formula is C12H16N2O5S. The number of aryl methyl sites for hydroxylation is 1. The van der Waals surface area contributed by atoms with E-state index in [0.29, 0.717) is 24.5 Å². The van der Waals surface area contributed by atoms with Gasteiger partial charge in [0.25, 0.3) is 0 Å². The van der Waals surface area contributed by atoms with Crippen molar-refractivity contribution in [3.05, 3.63) is 17.7 Å². The minimum atomic E-state index is -3.89. The predicted octanol–water partition coefficient (Wildman–Crippen LogP) is 0.0451. The Morgan fingerprint density at radius 3 is 2.95 bits per heavy atom. The quantitative estimate of drug-likeness (QED) is 0.600. The van der Waals surface area contributed by atoms with E-state index in [1.165, 1.54) is 13.2 Å². The Balaban J connectivity index is 2.36. The second-order valence-corrected chi connectivity index (χ2v) is 6.10. The van der Waals surface area contributed by atoms with Gasteiger partial charge in [-0.3, -0.25) is 4.79 Å². The largest absolute Gasteiger partial charge is 0.492 e. The number of hydrogen-bond acceptors (Lipinski definition) is 6. The van der Waals surface area contributed by atoms with Crippen molar-refractivity contribution >= 4 is 21.7 Å². The van der Waals surface area contributed by atoms with Crippen LogP contribution in [0, 0.1) is 0 Å². The van der Waals surface area contributed by atoms with Crippen molar-refractivity contribution in [2.75, 3.05) is 26.0 Å². The third-order valence-electron chi connectivity index (χ3n) is 2.91. The lowest BCUT2D eigenvalue weighted by Crippen LogP contribution is -2.31. The number of esters is 1. The van der Waals surface area contributed by atoms with Crippen LogP contribution >= 0.6 is 0 Å². The topological polar surface area (TPSA) is 108 Å². The van der Waals surface area contributed by atoms with Crippen LogP contribution in [0.15, 0.2) is 17.0 Å². The van der Waals surface area contributed by atoms with Gasteiger partial charge >= 0.3 is 5.97 Å². The molecule has 0 unspecified atom stereocenters. The molecule has 8 heteroatoms. The number of nitrogens with one attached hydrogen (secondary N) is 1. The summed E-state index contributed by atoms with van der Waals surface area (Å²) in [7, 11) is -2.70. The molecule has 1 aliphatic heterocycles. The third-order valence-corrected chi connectivity index (χ3v) is 4.32. The van der Waals surface area contributed by atoms with Crippen molar-refractivity contribution < 1.29 is 22.7 Å². The van der Waals surface area contributed by atoms with Crippen LogP contribution in [0.1, 0.15) is 12.0 Å². The van der Waals surface area contributed by atoms with Gasteiger partial charge in [-0.15, -0.1) is 0 Å². The minimum absolute atomic E-state index is 0.0453. The number of nitrogens with two attached hydrogens (primary N) is 1. The molecule has 7 nitrogen and oxygen atoms in total. The zero-order chi connectivity index (χ0) is 14.8. The second kappa shape index (κ2) is 5.68. The van der Waals surface area contributed by atoms with Crippen LogP contribution in [0.2, 0.25) is 0 Å². The highest BCUT2D eigenvalue weighted by molar-refractivity contribution is 7.89. The molecule has 0 fully saturated rings. The summed E-state index contributed by atoms with van der Waals surface area (Å²) in [5.74, 6) is -0.366. The molecule has 110 valence electrons. The van der Waals surface area contributed by atoms with E-state index in [9.17, 15) is 13.2 Å². The number of methoxy groups -OCH3 is 1. The van der Waals surface area contributed by atoms with Crippen LogP contribution in [0.5, 0.6) is 5.75 Å². The maximum absolute atomic E-state index is 12.2. The van der Waals surface area contributed by atoms with Crippen LogP contribution in [0.4, 0.5) is 5.69 Å². The van der Waals surface area contributed by atoms with Crippen molar-refractivity contribution in [1.82, 2.24) is 4.72 Å². The Hall–Kier alpha value is -1.80. The maximum atomic E-state index is 12.2. The summed E-state index contributed by atoms with van der Waals surface area (Å²) in [4.78, 5) is 11.0. The molecular weight excluding hydrogens is 284 g/mol. The molecule has 0 amide bonds. The summed E-state index contributed by atoms with van der Waals surface area (Å²) in [6, 6.07) is 3.03. The molecule has 0 saturated carbocycles. The van der Waals surface area contributed by atoms with Gasteiger partial charge in [-0.1, -0.05) is 0 Å². The zero-order valence-electron chi connectivity index (χ0n) is 11.0. The molecule has 0 aliphatic carbocycles. The molecule has 1 aliphatic rings. The van der Waals surface area contributed by atoms with E-state index in [1.807, 2.05) is 0 Å². The van der Waals surface area contributed by atoms with Gasteiger partial charge in [-0.2, -0.15) is 4.72 Å². The molecule has 0 bridgehead atoms. The van der Waals surface area contributed by atoms with Gasteiger partial charge in [-0.05, 0) is 30.5 Å². The monoisotopic (exact) mass is 300 g/mol. The van der Waals surface area contributed by atoms with E-state index in [-0.39, 0.29) is 4.90 Å². The number of ether oxygens (including phenoxy) is 2. The van der Waals surface area contributed by atoms with Crippen molar-refractivity contribution in [1.29, 1.82) is 0 Å². The molecule has 1 aromatic rings. The van der Waals surface area contributed by atoms with Gasteiger partial charge in [0.1, 0.15) is 17.2 Å². The van der Waals surface area contributed by atoms with Crippen LogP contribution in [-0.2, 0) is 26.0 Å². The number of sulfonamides is 1. The van der Waals surface area contributed by atoms with Crippen LogP contribution in [0.3, 0.4) is 0 Å². The summed E-state index contributed by atoms with van der Waals surface area (Å²) in [5.41, 5.74) is 6.82. The highest BCUT2D eigenvalue weighted by Crippen LogP contribution is 2.34. The average Bonchev–Trinajstić information content (AvgIpc) is 2.43. The lowest BCUT2D eigenvalue weighted by atomic mass is 10.1. The number of fused-ring (bicyclic) bond motifs is 1. The van der Waals surface area contributed by atoms with E-state index in [0.717, 1.165) is 12.0 Å². The van der Waals surface area contributed by atoms with E-state index in [1.54, 1.807) is 6.07 Å². The summed E-state index contributed by atoms with van der Waals surface area (Å²) in [5, 5.41) is 0. The standard InChI is InChI=1S/C12H16N2O5S/c1-18-11(15)7-14-20(16,17)10-6-9(13)5-8-3-2-4-19-12(8)10/h5-6,14H,2-4,7,13H2,1H3. The number of rotatable bonds is 4. The molecule has 0 saturated heterocycles. The second-order valence-electron chi connectivity index (χ2n) is 4.36. The molecule has 3 N–H and O–H groups in total. The van der Waals surface area contributed by atoms with Crippen LogP contribution in [0.25, 0.3) is 0 Å². The van der Waals surface area contributed by atoms with Gasteiger partial charge in [0, 0.05) is 5.69 Å². The summed E-state index contributed by atoms with van der Waals surface area (Å²) in [6.07, 6.45) is 1.52. The Bertz CT molecular complexity index is 627. The Morgan fingerprint density at radius 2 is 2.25 bits per heavy atom. The highest BCUT2D eigenvalue weighted by atomic mass is 32.2. The smallest absolute Gasteiger partial charge is 0.320 e. The molecule has 0 spiro atoms. The number of hydrogen-bond donors (Lipinski definition) is 2. The fraction of sp³-hybridized carbons (Fsp3) is 0.417. The number of carbonyl (C=O) groups excluding carboxylic acids is 1. The first-order chi connectivity index (χ1) is 9.44. The molecule has 1 heterocycles. The molecule has 0 radical (unpaired) electrons. The molecule has 2 rings (SSSR count).